The first kappa shape index (κ1) is 17.9. The fourth-order valence-electron chi connectivity index (χ4n) is 2.65. The zero-order chi connectivity index (χ0) is 19.5. The lowest BCUT2D eigenvalue weighted by atomic mass is 10.1. The summed E-state index contributed by atoms with van der Waals surface area (Å²) in [7, 11) is 0. The second kappa shape index (κ2) is 7.66. The molecule has 0 saturated carbocycles. The molecule has 2 heterocycles. The van der Waals surface area contributed by atoms with Gasteiger partial charge in [0.25, 0.3) is 5.91 Å². The summed E-state index contributed by atoms with van der Waals surface area (Å²) in [6, 6.07) is 18.0. The minimum atomic E-state index is -0.248. The quantitative estimate of drug-likeness (QED) is 0.558. The summed E-state index contributed by atoms with van der Waals surface area (Å²) in [6.07, 6.45) is 0. The van der Waals surface area contributed by atoms with Crippen LogP contribution in [0.2, 0.25) is 5.02 Å². The van der Waals surface area contributed by atoms with Crippen LogP contribution >= 0.6 is 11.6 Å². The van der Waals surface area contributed by atoms with Gasteiger partial charge in [0.2, 0.25) is 0 Å². The van der Waals surface area contributed by atoms with Gasteiger partial charge < -0.3 is 10.1 Å². The third-order valence-corrected chi connectivity index (χ3v) is 4.32. The first-order chi connectivity index (χ1) is 13.6. The van der Waals surface area contributed by atoms with Crippen LogP contribution in [0.1, 0.15) is 5.82 Å². The van der Waals surface area contributed by atoms with Crippen molar-refractivity contribution in [3.63, 3.8) is 0 Å². The number of rotatable bonds is 5. The van der Waals surface area contributed by atoms with Crippen molar-refractivity contribution >= 4 is 28.8 Å². The van der Waals surface area contributed by atoms with Crippen LogP contribution < -0.4 is 10.1 Å². The largest absolute Gasteiger partial charge is 0.484 e. The van der Waals surface area contributed by atoms with Crippen LogP contribution in [-0.4, -0.2) is 32.3 Å². The minimum Gasteiger partial charge on any atom is -0.484 e. The molecule has 7 nitrogen and oxygen atoms in total. The third-order valence-electron chi connectivity index (χ3n) is 4.07. The number of anilines is 1. The number of halogens is 1. The number of benzene rings is 2. The highest BCUT2D eigenvalue weighted by molar-refractivity contribution is 6.30. The van der Waals surface area contributed by atoms with Gasteiger partial charge in [0.1, 0.15) is 5.75 Å². The van der Waals surface area contributed by atoms with E-state index in [9.17, 15) is 4.79 Å². The van der Waals surface area contributed by atoms with Gasteiger partial charge in [-0.25, -0.2) is 0 Å². The van der Waals surface area contributed by atoms with Crippen molar-refractivity contribution in [2.75, 3.05) is 11.9 Å². The van der Waals surface area contributed by atoms with Gasteiger partial charge in [0.05, 0.1) is 5.69 Å². The normalized spacial score (nSPS) is 10.8. The zero-order valence-electron chi connectivity index (χ0n) is 15.0. The molecule has 1 amide bonds. The molecule has 0 unspecified atom stereocenters. The smallest absolute Gasteiger partial charge is 0.262 e. The number of nitrogens with one attached hydrogen (secondary N) is 1. The summed E-state index contributed by atoms with van der Waals surface area (Å²) in [4.78, 5) is 12.1. The van der Waals surface area contributed by atoms with Crippen molar-refractivity contribution in [3.05, 3.63) is 71.5 Å². The second-order valence-corrected chi connectivity index (χ2v) is 6.54. The van der Waals surface area contributed by atoms with Gasteiger partial charge in [-0.2, -0.15) is 9.61 Å². The molecule has 2 aromatic heterocycles. The number of fused-ring (bicyclic) bond motifs is 1. The molecule has 28 heavy (non-hydrogen) atoms. The average Bonchev–Trinajstić information content (AvgIpc) is 3.08. The van der Waals surface area contributed by atoms with E-state index in [2.05, 4.69) is 20.6 Å². The van der Waals surface area contributed by atoms with Crippen molar-refractivity contribution in [1.82, 2.24) is 19.8 Å². The van der Waals surface area contributed by atoms with E-state index in [-0.39, 0.29) is 12.5 Å². The lowest BCUT2D eigenvalue weighted by Gasteiger charge is -2.08. The molecule has 0 radical (unpaired) electrons. The third kappa shape index (κ3) is 3.94. The van der Waals surface area contributed by atoms with Crippen molar-refractivity contribution in [1.29, 1.82) is 0 Å². The Balaban J connectivity index is 1.40. The number of nitrogens with zero attached hydrogens (tertiary/aromatic N) is 4. The lowest BCUT2D eigenvalue weighted by Crippen LogP contribution is -2.20. The van der Waals surface area contributed by atoms with Crippen molar-refractivity contribution < 1.29 is 9.53 Å². The summed E-state index contributed by atoms with van der Waals surface area (Å²) in [5, 5.41) is 16.0. The fourth-order valence-corrected chi connectivity index (χ4v) is 2.78. The molecular formula is C20H16ClN5O2. The van der Waals surface area contributed by atoms with Gasteiger partial charge in [0.15, 0.2) is 18.1 Å². The maximum atomic E-state index is 12.1. The van der Waals surface area contributed by atoms with Crippen molar-refractivity contribution in [2.45, 2.75) is 6.92 Å². The fraction of sp³-hybridized carbons (Fsp3) is 0.100. The Morgan fingerprint density at radius 2 is 1.79 bits per heavy atom. The number of hydrogen-bond acceptors (Lipinski definition) is 5. The minimum absolute atomic E-state index is 0.0888. The van der Waals surface area contributed by atoms with E-state index in [1.54, 1.807) is 28.8 Å². The molecule has 0 aliphatic carbocycles. The zero-order valence-corrected chi connectivity index (χ0v) is 15.7. The van der Waals surface area contributed by atoms with Crippen LogP contribution in [0.5, 0.6) is 5.75 Å². The summed E-state index contributed by atoms with van der Waals surface area (Å²) < 4.78 is 7.13. The molecule has 0 spiro atoms. The SMILES string of the molecule is Cc1nnc2ccc(-c3ccc(NC(=O)COc4ccc(Cl)cc4)cc3)nn12. The summed E-state index contributed by atoms with van der Waals surface area (Å²) in [5.74, 6) is 1.06. The number of amides is 1. The van der Waals surface area contributed by atoms with E-state index in [1.807, 2.05) is 43.3 Å². The number of hydrogen-bond donors (Lipinski definition) is 1. The van der Waals surface area contributed by atoms with Gasteiger partial charge in [0, 0.05) is 16.3 Å². The van der Waals surface area contributed by atoms with Crippen LogP contribution in [0.4, 0.5) is 5.69 Å². The maximum Gasteiger partial charge on any atom is 0.262 e. The molecule has 2 aromatic carbocycles. The summed E-state index contributed by atoms with van der Waals surface area (Å²) in [6.45, 7) is 1.76. The Bertz CT molecular complexity index is 1120. The van der Waals surface area contributed by atoms with Crippen LogP contribution in [0, 0.1) is 6.92 Å². The summed E-state index contributed by atoms with van der Waals surface area (Å²) >= 11 is 5.82. The van der Waals surface area contributed by atoms with E-state index in [0.29, 0.717) is 22.1 Å². The molecule has 4 aromatic rings. The maximum absolute atomic E-state index is 12.1. The van der Waals surface area contributed by atoms with E-state index in [4.69, 9.17) is 16.3 Å². The Hall–Kier alpha value is -3.45. The predicted octanol–water partition coefficient (Wildman–Crippen LogP) is 3.77. The summed E-state index contributed by atoms with van der Waals surface area (Å²) in [5.41, 5.74) is 3.09. The van der Waals surface area contributed by atoms with Crippen LogP contribution in [0.15, 0.2) is 60.7 Å². The van der Waals surface area contributed by atoms with Crippen molar-refractivity contribution in [3.8, 4) is 17.0 Å². The second-order valence-electron chi connectivity index (χ2n) is 6.10. The van der Waals surface area contributed by atoms with Gasteiger partial charge in [-0.05, 0) is 55.5 Å². The number of carbonyl (C=O) groups is 1. The van der Waals surface area contributed by atoms with Gasteiger partial charge >= 0.3 is 0 Å². The van der Waals surface area contributed by atoms with E-state index in [0.717, 1.165) is 17.1 Å². The predicted molar refractivity (Wildman–Crippen MR) is 107 cm³/mol. The van der Waals surface area contributed by atoms with Crippen LogP contribution in [0.3, 0.4) is 0 Å². The molecular weight excluding hydrogens is 378 g/mol. The molecule has 1 N–H and O–H groups in total. The lowest BCUT2D eigenvalue weighted by molar-refractivity contribution is -0.118. The standard InChI is InChI=1S/C20H16ClN5O2/c1-13-23-24-19-11-10-18(25-26(13)19)14-2-6-16(7-3-14)22-20(27)12-28-17-8-4-15(21)5-9-17/h2-11H,12H2,1H3,(H,22,27). The molecule has 0 aliphatic heterocycles. The van der Waals surface area contributed by atoms with E-state index < -0.39 is 0 Å². The molecule has 0 aliphatic rings. The van der Waals surface area contributed by atoms with E-state index >= 15 is 0 Å². The number of ether oxygens (including phenoxy) is 1. The monoisotopic (exact) mass is 393 g/mol. The molecule has 140 valence electrons. The van der Waals surface area contributed by atoms with Crippen LogP contribution in [0.25, 0.3) is 16.9 Å². The highest BCUT2D eigenvalue weighted by Gasteiger charge is 2.07. The Morgan fingerprint density at radius 3 is 2.54 bits per heavy atom. The van der Waals surface area contributed by atoms with Gasteiger partial charge in [-0.3, -0.25) is 4.79 Å². The molecule has 0 saturated heterocycles. The van der Waals surface area contributed by atoms with Crippen LogP contribution in [-0.2, 0) is 4.79 Å². The molecule has 0 atom stereocenters. The molecule has 0 fully saturated rings. The Labute approximate surface area is 165 Å². The molecule has 0 bridgehead atoms. The number of aromatic nitrogens is 4. The number of aryl methyl sites for hydroxylation is 1. The van der Waals surface area contributed by atoms with Crippen molar-refractivity contribution in [2.24, 2.45) is 0 Å². The van der Waals surface area contributed by atoms with Gasteiger partial charge in [-0.1, -0.05) is 23.7 Å². The topological polar surface area (TPSA) is 81.4 Å². The molecule has 8 heteroatoms. The first-order valence-corrected chi connectivity index (χ1v) is 8.94. The van der Waals surface area contributed by atoms with E-state index in [1.165, 1.54) is 0 Å². The highest BCUT2D eigenvalue weighted by atomic mass is 35.5. The highest BCUT2D eigenvalue weighted by Crippen LogP contribution is 2.20. The van der Waals surface area contributed by atoms with Gasteiger partial charge in [-0.15, -0.1) is 10.2 Å². The average molecular weight is 394 g/mol. The molecule has 4 rings (SSSR count). The Kier molecular flexibility index (Phi) is 4.90. The first-order valence-electron chi connectivity index (χ1n) is 8.56. The number of carbonyl (C=O) groups excluding carboxylic acids is 1. The Morgan fingerprint density at radius 1 is 1.04 bits per heavy atom.